The molecule has 0 spiro atoms. The predicted octanol–water partition coefficient (Wildman–Crippen LogP) is 3.79. The van der Waals surface area contributed by atoms with Crippen LogP contribution in [0, 0.1) is 19.8 Å². The molecule has 9 heteroatoms. The Balaban J connectivity index is 1.40. The normalized spacial score (nSPS) is 16.8. The Kier molecular flexibility index (Phi) is 6.48. The Morgan fingerprint density at radius 3 is 2.58 bits per heavy atom. The first kappa shape index (κ1) is 22.6. The highest BCUT2D eigenvalue weighted by Crippen LogP contribution is 2.31. The second kappa shape index (κ2) is 9.48. The lowest BCUT2D eigenvalue weighted by atomic mass is 9.91. The molecule has 3 heterocycles. The quantitative estimate of drug-likeness (QED) is 0.543. The van der Waals surface area contributed by atoms with Gasteiger partial charge in [-0.05, 0) is 56.9 Å². The van der Waals surface area contributed by atoms with E-state index in [1.165, 1.54) is 6.39 Å². The molecule has 1 aliphatic rings. The number of amides is 2. The lowest BCUT2D eigenvalue weighted by Gasteiger charge is -2.28. The van der Waals surface area contributed by atoms with Crippen LogP contribution < -0.4 is 10.3 Å². The van der Waals surface area contributed by atoms with Gasteiger partial charge in [0.05, 0.1) is 11.4 Å². The second-order valence-corrected chi connectivity index (χ2v) is 8.64. The average molecular weight is 453 g/mol. The zero-order valence-corrected chi connectivity index (χ0v) is 19.2. The molecule has 0 radical (unpaired) electrons. The lowest BCUT2D eigenvalue weighted by molar-refractivity contribution is -0.143. The van der Waals surface area contributed by atoms with Gasteiger partial charge in [-0.2, -0.15) is 5.48 Å². The number of benzene rings is 1. The predicted molar refractivity (Wildman–Crippen MR) is 119 cm³/mol. The summed E-state index contributed by atoms with van der Waals surface area (Å²) in [5.41, 5.74) is 4.87. The van der Waals surface area contributed by atoms with Crippen LogP contribution in [-0.2, 0) is 9.59 Å². The van der Waals surface area contributed by atoms with Gasteiger partial charge in [-0.25, -0.2) is 4.98 Å². The van der Waals surface area contributed by atoms with Crippen molar-refractivity contribution in [2.45, 2.75) is 52.5 Å². The summed E-state index contributed by atoms with van der Waals surface area (Å²) in [4.78, 5) is 37.4. The van der Waals surface area contributed by atoms with Crippen LogP contribution in [0.3, 0.4) is 0 Å². The molecule has 9 nitrogen and oxygen atoms in total. The summed E-state index contributed by atoms with van der Waals surface area (Å²) in [6, 6.07) is 8.30. The van der Waals surface area contributed by atoms with Crippen molar-refractivity contribution in [1.82, 2.24) is 20.5 Å². The summed E-state index contributed by atoms with van der Waals surface area (Å²) in [5.74, 6) is 0.698. The highest BCUT2D eigenvalue weighted by atomic mass is 16.7. The van der Waals surface area contributed by atoms with Gasteiger partial charge in [-0.15, -0.1) is 0 Å². The van der Waals surface area contributed by atoms with E-state index in [1.807, 2.05) is 39.8 Å². The topological polar surface area (TPSA) is 111 Å². The molecule has 2 unspecified atom stereocenters. The van der Waals surface area contributed by atoms with Crippen molar-refractivity contribution in [1.29, 1.82) is 0 Å². The number of oxazole rings is 1. The largest absolute Gasteiger partial charge is 0.443 e. The van der Waals surface area contributed by atoms with E-state index >= 15 is 0 Å². The van der Waals surface area contributed by atoms with Crippen molar-refractivity contribution >= 4 is 11.8 Å². The summed E-state index contributed by atoms with van der Waals surface area (Å²) >= 11 is 0. The molecule has 1 fully saturated rings. The number of hydroxylamine groups is 1. The summed E-state index contributed by atoms with van der Waals surface area (Å²) in [6.07, 6.45) is 2.72. The molecule has 1 aliphatic heterocycles. The molecule has 174 valence electrons. The van der Waals surface area contributed by atoms with Crippen LogP contribution in [0.25, 0.3) is 11.3 Å². The molecule has 3 aromatic rings. The highest BCUT2D eigenvalue weighted by Gasteiger charge is 2.40. The summed E-state index contributed by atoms with van der Waals surface area (Å²) in [6.45, 7) is 8.11. The maximum Gasteiger partial charge on any atom is 0.275 e. The van der Waals surface area contributed by atoms with E-state index in [9.17, 15) is 9.59 Å². The molecule has 2 aromatic heterocycles. The van der Waals surface area contributed by atoms with Crippen molar-refractivity contribution in [2.24, 2.45) is 5.92 Å². The highest BCUT2D eigenvalue weighted by molar-refractivity contribution is 5.90. The number of carbonyl (C=O) groups is 2. The van der Waals surface area contributed by atoms with Crippen molar-refractivity contribution in [2.75, 3.05) is 6.54 Å². The van der Waals surface area contributed by atoms with Crippen LogP contribution in [0.15, 0.2) is 45.7 Å². The lowest BCUT2D eigenvalue weighted by Crippen LogP contribution is -2.48. The number of rotatable bonds is 7. The van der Waals surface area contributed by atoms with Gasteiger partial charge in [0.1, 0.15) is 17.7 Å². The monoisotopic (exact) mass is 452 g/mol. The molecule has 1 N–H and O–H groups in total. The minimum Gasteiger partial charge on any atom is -0.443 e. The van der Waals surface area contributed by atoms with Crippen molar-refractivity contribution in [3.8, 4) is 17.1 Å². The zero-order valence-electron chi connectivity index (χ0n) is 19.2. The van der Waals surface area contributed by atoms with Crippen LogP contribution >= 0.6 is 0 Å². The smallest absolute Gasteiger partial charge is 0.275 e. The molecule has 33 heavy (non-hydrogen) atoms. The van der Waals surface area contributed by atoms with Crippen molar-refractivity contribution < 1.29 is 23.4 Å². The number of likely N-dealkylation sites (tertiary alicyclic amines) is 1. The molecule has 0 bridgehead atoms. The van der Waals surface area contributed by atoms with E-state index in [2.05, 4.69) is 15.6 Å². The average Bonchev–Trinajstić information content (AvgIpc) is 3.53. The Bertz CT molecular complexity index is 1120. The zero-order chi connectivity index (χ0) is 23.5. The SMILES string of the molecule is Cc1cc(C(C(=O)N2CCCC2C(=O)NOc2ccc(-c3ocnc3C)cc2)C(C)C)on1. The summed E-state index contributed by atoms with van der Waals surface area (Å²) in [7, 11) is 0. The summed E-state index contributed by atoms with van der Waals surface area (Å²) in [5, 5.41) is 3.92. The van der Waals surface area contributed by atoms with Gasteiger partial charge in [-0.3, -0.25) is 9.59 Å². The molecule has 4 rings (SSSR count). The first-order valence-corrected chi connectivity index (χ1v) is 11.1. The van der Waals surface area contributed by atoms with E-state index in [0.29, 0.717) is 30.2 Å². The van der Waals surface area contributed by atoms with Gasteiger partial charge < -0.3 is 18.7 Å². The molecule has 2 amide bonds. The maximum absolute atomic E-state index is 13.4. The van der Waals surface area contributed by atoms with Gasteiger partial charge in [0.2, 0.25) is 5.91 Å². The molecule has 1 saturated heterocycles. The minimum atomic E-state index is -0.598. The molecule has 0 aliphatic carbocycles. The molecule has 1 aromatic carbocycles. The number of hydrogen-bond acceptors (Lipinski definition) is 7. The Morgan fingerprint density at radius 2 is 1.97 bits per heavy atom. The molecular formula is C24H28N4O5. The number of hydrogen-bond donors (Lipinski definition) is 1. The fourth-order valence-corrected chi connectivity index (χ4v) is 4.18. The summed E-state index contributed by atoms with van der Waals surface area (Å²) < 4.78 is 10.8. The molecular weight excluding hydrogens is 424 g/mol. The molecule has 2 atom stereocenters. The Hall–Kier alpha value is -3.62. The maximum atomic E-state index is 13.4. The number of nitrogens with one attached hydrogen (secondary N) is 1. The number of carbonyl (C=O) groups excluding carboxylic acids is 2. The first-order valence-electron chi connectivity index (χ1n) is 11.1. The third-order valence-electron chi connectivity index (χ3n) is 5.86. The van der Waals surface area contributed by atoms with Gasteiger partial charge >= 0.3 is 0 Å². The number of nitrogens with zero attached hydrogens (tertiary/aromatic N) is 3. The fraction of sp³-hybridized carbons (Fsp3) is 0.417. The van der Waals surface area contributed by atoms with E-state index in [-0.39, 0.29) is 17.7 Å². The van der Waals surface area contributed by atoms with Gasteiger partial charge in [-0.1, -0.05) is 19.0 Å². The number of aromatic nitrogens is 2. The van der Waals surface area contributed by atoms with Crippen LogP contribution in [0.2, 0.25) is 0 Å². The van der Waals surface area contributed by atoms with Crippen molar-refractivity contribution in [3.63, 3.8) is 0 Å². The third-order valence-corrected chi connectivity index (χ3v) is 5.86. The standard InChI is InChI=1S/C24H28N4O5/c1-14(2)21(20-12-15(3)26-33-20)24(30)28-11-5-6-19(28)23(29)27-32-18-9-7-17(8-10-18)22-16(4)25-13-31-22/h7-10,12-14,19,21H,5-6,11H2,1-4H3,(H,27,29). The van der Waals surface area contributed by atoms with E-state index in [1.54, 1.807) is 23.1 Å². The Morgan fingerprint density at radius 1 is 1.21 bits per heavy atom. The van der Waals surface area contributed by atoms with E-state index in [4.69, 9.17) is 13.8 Å². The van der Waals surface area contributed by atoms with Crippen LogP contribution in [-0.4, -0.2) is 39.4 Å². The van der Waals surface area contributed by atoms with Crippen molar-refractivity contribution in [3.05, 3.63) is 53.9 Å². The molecule has 0 saturated carbocycles. The van der Waals surface area contributed by atoms with Crippen LogP contribution in [0.4, 0.5) is 0 Å². The van der Waals surface area contributed by atoms with Gasteiger partial charge in [0.25, 0.3) is 5.91 Å². The van der Waals surface area contributed by atoms with E-state index < -0.39 is 12.0 Å². The van der Waals surface area contributed by atoms with E-state index in [0.717, 1.165) is 23.4 Å². The number of aryl methyl sites for hydroxylation is 2. The third kappa shape index (κ3) is 4.76. The van der Waals surface area contributed by atoms with Crippen LogP contribution in [0.5, 0.6) is 5.75 Å². The second-order valence-electron chi connectivity index (χ2n) is 8.64. The Labute approximate surface area is 192 Å². The minimum absolute atomic E-state index is 0.00285. The van der Waals surface area contributed by atoms with Gasteiger partial charge in [0.15, 0.2) is 17.9 Å². The first-order chi connectivity index (χ1) is 15.8. The van der Waals surface area contributed by atoms with Crippen LogP contribution in [0.1, 0.15) is 49.8 Å². The van der Waals surface area contributed by atoms with Gasteiger partial charge in [0, 0.05) is 18.2 Å². The fourth-order valence-electron chi connectivity index (χ4n) is 4.18.